The molecule has 0 aliphatic carbocycles. The summed E-state index contributed by atoms with van der Waals surface area (Å²) in [6, 6.07) is 15.1. The van der Waals surface area contributed by atoms with E-state index in [0.717, 1.165) is 0 Å². The first-order valence-electron chi connectivity index (χ1n) is 9.74. The molecule has 0 unspecified atom stereocenters. The molecule has 10 nitrogen and oxygen atoms in total. The Morgan fingerprint density at radius 3 is 2.21 bits per heavy atom. The number of sulfonamides is 1. The second-order valence-corrected chi connectivity index (χ2v) is 8.34. The van der Waals surface area contributed by atoms with E-state index >= 15 is 0 Å². The molecule has 0 spiro atoms. The van der Waals surface area contributed by atoms with Crippen molar-refractivity contribution >= 4 is 39.1 Å². The number of benzene rings is 2. The Morgan fingerprint density at radius 2 is 1.55 bits per heavy atom. The van der Waals surface area contributed by atoms with Crippen molar-refractivity contribution in [3.8, 4) is 0 Å². The summed E-state index contributed by atoms with van der Waals surface area (Å²) in [4.78, 5) is 28.1. The standard InChI is InChI=1S/C22H22N4O6S/c1-31-13-14-32-22(28)25-19-4-2-3-18(15-19)24-21(27)16-5-7-20(8-6-16)33(29,30)26-17-9-11-23-12-10-17/h2-12,15H,13-14H2,1H3,(H,23,26)(H,24,27)(H,25,28). The zero-order valence-corrected chi connectivity index (χ0v) is 18.5. The Morgan fingerprint density at radius 1 is 0.879 bits per heavy atom. The molecule has 3 aromatic rings. The fourth-order valence-corrected chi connectivity index (χ4v) is 3.73. The molecule has 33 heavy (non-hydrogen) atoms. The predicted octanol–water partition coefficient (Wildman–Crippen LogP) is 3.33. The van der Waals surface area contributed by atoms with Gasteiger partial charge in [-0.25, -0.2) is 13.2 Å². The van der Waals surface area contributed by atoms with E-state index in [1.807, 2.05) is 0 Å². The van der Waals surface area contributed by atoms with Gasteiger partial charge in [0.2, 0.25) is 0 Å². The SMILES string of the molecule is COCCOC(=O)Nc1cccc(NC(=O)c2ccc(S(=O)(=O)Nc3ccncc3)cc2)c1. The quantitative estimate of drug-likeness (QED) is 0.408. The van der Waals surface area contributed by atoms with Gasteiger partial charge in [-0.3, -0.25) is 19.8 Å². The highest BCUT2D eigenvalue weighted by Gasteiger charge is 2.15. The van der Waals surface area contributed by atoms with Crippen molar-refractivity contribution in [1.82, 2.24) is 4.98 Å². The predicted molar refractivity (Wildman–Crippen MR) is 123 cm³/mol. The first kappa shape index (κ1) is 23.7. The molecule has 0 radical (unpaired) electrons. The van der Waals surface area contributed by atoms with E-state index in [2.05, 4.69) is 20.3 Å². The monoisotopic (exact) mass is 470 g/mol. The second-order valence-electron chi connectivity index (χ2n) is 6.65. The van der Waals surface area contributed by atoms with Gasteiger partial charge in [-0.1, -0.05) is 6.07 Å². The van der Waals surface area contributed by atoms with Gasteiger partial charge in [-0.2, -0.15) is 0 Å². The maximum atomic E-state index is 12.6. The summed E-state index contributed by atoms with van der Waals surface area (Å²) in [5, 5.41) is 5.25. The van der Waals surface area contributed by atoms with Crippen molar-refractivity contribution in [3.63, 3.8) is 0 Å². The Hall–Kier alpha value is -3.96. The van der Waals surface area contributed by atoms with E-state index in [1.54, 1.807) is 24.3 Å². The van der Waals surface area contributed by atoms with Crippen LogP contribution >= 0.6 is 0 Å². The van der Waals surface area contributed by atoms with Gasteiger partial charge in [0.1, 0.15) is 6.61 Å². The fraction of sp³-hybridized carbons (Fsp3) is 0.136. The number of carbonyl (C=O) groups is 2. The first-order valence-corrected chi connectivity index (χ1v) is 11.2. The molecule has 0 aliphatic rings. The van der Waals surface area contributed by atoms with Gasteiger partial charge in [0.25, 0.3) is 15.9 Å². The number of amides is 2. The van der Waals surface area contributed by atoms with Gasteiger partial charge in [0.15, 0.2) is 0 Å². The number of carbonyl (C=O) groups excluding carboxylic acids is 2. The van der Waals surface area contributed by atoms with Crippen LogP contribution in [0.5, 0.6) is 0 Å². The summed E-state index contributed by atoms with van der Waals surface area (Å²) in [5.74, 6) is -0.444. The molecule has 11 heteroatoms. The van der Waals surface area contributed by atoms with Crippen LogP contribution in [0.1, 0.15) is 10.4 Å². The Balaban J connectivity index is 1.62. The molecule has 0 fully saturated rings. The van der Waals surface area contributed by atoms with Crippen molar-refractivity contribution in [2.45, 2.75) is 4.90 Å². The summed E-state index contributed by atoms with van der Waals surface area (Å²) in [6.07, 6.45) is 2.30. The van der Waals surface area contributed by atoms with E-state index in [4.69, 9.17) is 9.47 Å². The lowest BCUT2D eigenvalue weighted by molar-refractivity contribution is 0.102. The minimum atomic E-state index is -3.81. The average molecular weight is 471 g/mol. The van der Waals surface area contributed by atoms with Gasteiger partial charge < -0.3 is 14.8 Å². The fourth-order valence-electron chi connectivity index (χ4n) is 2.67. The summed E-state index contributed by atoms with van der Waals surface area (Å²) >= 11 is 0. The van der Waals surface area contributed by atoms with Crippen LogP contribution in [0.4, 0.5) is 21.9 Å². The van der Waals surface area contributed by atoms with Crippen molar-refractivity contribution in [2.75, 3.05) is 35.7 Å². The summed E-state index contributed by atoms with van der Waals surface area (Å²) in [7, 11) is -2.31. The van der Waals surface area contributed by atoms with Crippen LogP contribution in [0.15, 0.2) is 78.0 Å². The number of aromatic nitrogens is 1. The van der Waals surface area contributed by atoms with E-state index in [-0.39, 0.29) is 23.7 Å². The van der Waals surface area contributed by atoms with Crippen molar-refractivity contribution in [3.05, 3.63) is 78.6 Å². The molecule has 1 heterocycles. The summed E-state index contributed by atoms with van der Waals surface area (Å²) in [6.45, 7) is 0.395. The van der Waals surface area contributed by atoms with Crippen LogP contribution in [0.25, 0.3) is 0 Å². The highest BCUT2D eigenvalue weighted by atomic mass is 32.2. The number of anilines is 3. The van der Waals surface area contributed by atoms with Gasteiger partial charge in [0, 0.05) is 36.4 Å². The number of methoxy groups -OCH3 is 1. The van der Waals surface area contributed by atoms with Crippen molar-refractivity contribution in [2.24, 2.45) is 0 Å². The van der Waals surface area contributed by atoms with E-state index in [0.29, 0.717) is 17.1 Å². The number of nitrogens with zero attached hydrogens (tertiary/aromatic N) is 1. The zero-order valence-electron chi connectivity index (χ0n) is 17.6. The molecule has 3 N–H and O–H groups in total. The third-order valence-corrected chi connectivity index (χ3v) is 5.64. The Bertz CT molecular complexity index is 1200. The molecule has 1 aromatic heterocycles. The third-order valence-electron chi connectivity index (χ3n) is 4.25. The lowest BCUT2D eigenvalue weighted by Gasteiger charge is -2.10. The van der Waals surface area contributed by atoms with Crippen LogP contribution in [0, 0.1) is 0 Å². The minimum Gasteiger partial charge on any atom is -0.447 e. The van der Waals surface area contributed by atoms with E-state index in [1.165, 1.54) is 55.9 Å². The van der Waals surface area contributed by atoms with Gasteiger partial charge in [-0.15, -0.1) is 0 Å². The Kier molecular flexibility index (Phi) is 7.95. The maximum absolute atomic E-state index is 12.6. The molecule has 2 aromatic carbocycles. The molecule has 0 bridgehead atoms. The molecule has 2 amide bonds. The second kappa shape index (κ2) is 11.1. The van der Waals surface area contributed by atoms with Crippen LogP contribution < -0.4 is 15.4 Å². The lowest BCUT2D eigenvalue weighted by atomic mass is 10.2. The number of hydrogen-bond donors (Lipinski definition) is 3. The molecule has 172 valence electrons. The van der Waals surface area contributed by atoms with Gasteiger partial charge in [-0.05, 0) is 54.6 Å². The number of hydrogen-bond acceptors (Lipinski definition) is 7. The lowest BCUT2D eigenvalue weighted by Crippen LogP contribution is -2.17. The highest BCUT2D eigenvalue weighted by molar-refractivity contribution is 7.92. The molecule has 0 aliphatic heterocycles. The molecule has 0 saturated heterocycles. The zero-order chi connectivity index (χ0) is 23.7. The molecule has 0 saturated carbocycles. The van der Waals surface area contributed by atoms with E-state index in [9.17, 15) is 18.0 Å². The topological polar surface area (TPSA) is 136 Å². The summed E-state index contributed by atoms with van der Waals surface area (Å²) in [5.41, 5.74) is 1.50. The average Bonchev–Trinajstić information content (AvgIpc) is 2.80. The largest absolute Gasteiger partial charge is 0.447 e. The van der Waals surface area contributed by atoms with Crippen LogP contribution in [-0.2, 0) is 19.5 Å². The molecular formula is C22H22N4O6S. The van der Waals surface area contributed by atoms with Crippen LogP contribution in [0.3, 0.4) is 0 Å². The third kappa shape index (κ3) is 7.02. The van der Waals surface area contributed by atoms with Gasteiger partial charge in [0.05, 0.1) is 17.2 Å². The number of rotatable bonds is 9. The Labute approximate surface area is 191 Å². The maximum Gasteiger partial charge on any atom is 0.411 e. The van der Waals surface area contributed by atoms with Crippen LogP contribution in [0.2, 0.25) is 0 Å². The normalized spacial score (nSPS) is 10.8. The van der Waals surface area contributed by atoms with Crippen molar-refractivity contribution < 1.29 is 27.5 Å². The van der Waals surface area contributed by atoms with Crippen molar-refractivity contribution in [1.29, 1.82) is 0 Å². The number of pyridine rings is 1. The smallest absolute Gasteiger partial charge is 0.411 e. The summed E-state index contributed by atoms with van der Waals surface area (Å²) < 4.78 is 37.2. The molecule has 3 rings (SSSR count). The number of ether oxygens (including phenoxy) is 2. The van der Waals surface area contributed by atoms with Gasteiger partial charge >= 0.3 is 6.09 Å². The highest BCUT2D eigenvalue weighted by Crippen LogP contribution is 2.19. The molecular weight excluding hydrogens is 448 g/mol. The molecule has 0 atom stereocenters. The van der Waals surface area contributed by atoms with E-state index < -0.39 is 22.0 Å². The van der Waals surface area contributed by atoms with Crippen LogP contribution in [-0.4, -0.2) is 45.7 Å². The first-order chi connectivity index (χ1) is 15.9. The number of nitrogens with one attached hydrogen (secondary N) is 3. The minimum absolute atomic E-state index is 0.00838.